The molecule has 114 valence electrons. The van der Waals surface area contributed by atoms with Crippen molar-refractivity contribution in [3.05, 3.63) is 35.9 Å². The van der Waals surface area contributed by atoms with E-state index in [2.05, 4.69) is 17.2 Å². The lowest BCUT2D eigenvalue weighted by molar-refractivity contribution is 0.153. The molecule has 0 aliphatic carbocycles. The molecule has 3 N–H and O–H groups in total. The van der Waals surface area contributed by atoms with Crippen LogP contribution in [0.4, 0.5) is 0 Å². The van der Waals surface area contributed by atoms with E-state index in [1.807, 2.05) is 35.8 Å². The molecule has 1 heterocycles. The van der Waals surface area contributed by atoms with Crippen molar-refractivity contribution in [3.63, 3.8) is 0 Å². The number of rotatable bonds is 4. The van der Waals surface area contributed by atoms with Crippen molar-refractivity contribution in [2.24, 2.45) is 0 Å². The molecule has 1 saturated heterocycles. The number of sulfonamides is 1. The molecule has 2 rings (SSSR count). The van der Waals surface area contributed by atoms with Gasteiger partial charge in [0.1, 0.15) is 6.04 Å². The first-order valence-corrected chi connectivity index (χ1v) is 8.37. The van der Waals surface area contributed by atoms with Crippen molar-refractivity contribution in [3.8, 4) is 11.8 Å². The predicted molar refractivity (Wildman–Crippen MR) is 80.3 cm³/mol. The first-order valence-electron chi connectivity index (χ1n) is 6.76. The minimum atomic E-state index is -3.43. The van der Waals surface area contributed by atoms with Crippen LogP contribution in [0.5, 0.6) is 0 Å². The van der Waals surface area contributed by atoms with Crippen LogP contribution in [0, 0.1) is 11.8 Å². The standard InChI is InChI=1S/C14H19N3O3S/c18-16-14(7-6-13-4-2-1-3-5-13)12-21(19,20)17-10-8-15-9-11-17/h1-5,14-16,18H,8-12H2. The summed E-state index contributed by atoms with van der Waals surface area (Å²) < 4.78 is 25.9. The highest BCUT2D eigenvalue weighted by molar-refractivity contribution is 7.89. The van der Waals surface area contributed by atoms with E-state index >= 15 is 0 Å². The smallest absolute Gasteiger partial charge is 0.216 e. The monoisotopic (exact) mass is 309 g/mol. The summed E-state index contributed by atoms with van der Waals surface area (Å²) in [7, 11) is -3.43. The molecule has 0 bridgehead atoms. The minimum absolute atomic E-state index is 0.247. The summed E-state index contributed by atoms with van der Waals surface area (Å²) in [5.41, 5.74) is 2.75. The summed E-state index contributed by atoms with van der Waals surface area (Å²) in [5, 5.41) is 12.2. The molecule has 0 radical (unpaired) electrons. The summed E-state index contributed by atoms with van der Waals surface area (Å²) in [4.78, 5) is 0. The normalized spacial score (nSPS) is 17.8. The van der Waals surface area contributed by atoms with Crippen molar-refractivity contribution in [2.45, 2.75) is 6.04 Å². The zero-order valence-corrected chi connectivity index (χ0v) is 12.4. The van der Waals surface area contributed by atoms with Gasteiger partial charge in [0, 0.05) is 31.7 Å². The van der Waals surface area contributed by atoms with Gasteiger partial charge in [-0.2, -0.15) is 9.79 Å². The Kier molecular flexibility index (Phi) is 5.73. The highest BCUT2D eigenvalue weighted by Gasteiger charge is 2.26. The maximum atomic E-state index is 12.2. The van der Waals surface area contributed by atoms with Gasteiger partial charge in [-0.25, -0.2) is 8.42 Å². The van der Waals surface area contributed by atoms with Crippen LogP contribution in [0.1, 0.15) is 5.56 Å². The first kappa shape index (κ1) is 15.9. The lowest BCUT2D eigenvalue weighted by Crippen LogP contribution is -2.49. The molecule has 1 aliphatic heterocycles. The molecule has 1 aromatic rings. The maximum absolute atomic E-state index is 12.2. The molecule has 1 atom stereocenters. The molecule has 1 unspecified atom stereocenters. The molecular formula is C14H19N3O3S. The molecule has 1 aliphatic rings. The van der Waals surface area contributed by atoms with Gasteiger partial charge in [0.2, 0.25) is 10.0 Å². The van der Waals surface area contributed by atoms with Crippen LogP contribution in [0.2, 0.25) is 0 Å². The van der Waals surface area contributed by atoms with Gasteiger partial charge in [0.25, 0.3) is 0 Å². The second-order valence-corrected chi connectivity index (χ2v) is 6.76. The fraction of sp³-hybridized carbons (Fsp3) is 0.429. The van der Waals surface area contributed by atoms with E-state index in [0.29, 0.717) is 26.2 Å². The molecule has 1 fully saturated rings. The first-order chi connectivity index (χ1) is 10.1. The van der Waals surface area contributed by atoms with Crippen LogP contribution in [0.3, 0.4) is 0 Å². The summed E-state index contributed by atoms with van der Waals surface area (Å²) in [5.74, 6) is 5.36. The van der Waals surface area contributed by atoms with Crippen molar-refractivity contribution in [1.29, 1.82) is 0 Å². The van der Waals surface area contributed by atoms with Crippen LogP contribution >= 0.6 is 0 Å². The molecule has 0 aromatic heterocycles. The Morgan fingerprint density at radius 2 is 1.95 bits per heavy atom. The number of hydrogen-bond acceptors (Lipinski definition) is 5. The number of piperazine rings is 1. The maximum Gasteiger partial charge on any atom is 0.216 e. The minimum Gasteiger partial charge on any atom is -0.316 e. The topological polar surface area (TPSA) is 81.7 Å². The average Bonchev–Trinajstić information content (AvgIpc) is 2.53. The van der Waals surface area contributed by atoms with E-state index in [-0.39, 0.29) is 5.75 Å². The SMILES string of the molecule is O=S(=O)(CC(C#Cc1ccccc1)NO)N1CCNCC1. The Bertz CT molecular complexity index is 601. The van der Waals surface area contributed by atoms with Gasteiger partial charge >= 0.3 is 0 Å². The summed E-state index contributed by atoms with van der Waals surface area (Å²) in [6.45, 7) is 2.19. The van der Waals surface area contributed by atoms with Crippen LogP contribution in [-0.4, -0.2) is 55.9 Å². The molecule has 0 amide bonds. The van der Waals surface area contributed by atoms with Gasteiger partial charge in [-0.15, -0.1) is 0 Å². The van der Waals surface area contributed by atoms with Gasteiger partial charge in [-0.05, 0) is 12.1 Å². The lowest BCUT2D eigenvalue weighted by atomic mass is 10.2. The third-order valence-corrected chi connectivity index (χ3v) is 5.07. The zero-order valence-electron chi connectivity index (χ0n) is 11.6. The predicted octanol–water partition coefficient (Wildman–Crippen LogP) is -0.379. The second-order valence-electron chi connectivity index (χ2n) is 4.74. The van der Waals surface area contributed by atoms with Gasteiger partial charge in [0.15, 0.2) is 0 Å². The number of hydrogen-bond donors (Lipinski definition) is 3. The van der Waals surface area contributed by atoms with Gasteiger partial charge in [0.05, 0.1) is 5.75 Å². The molecule has 7 heteroatoms. The second kappa shape index (κ2) is 7.54. The largest absolute Gasteiger partial charge is 0.316 e. The third-order valence-electron chi connectivity index (χ3n) is 3.17. The average molecular weight is 309 g/mol. The van der Waals surface area contributed by atoms with Gasteiger partial charge in [-0.1, -0.05) is 30.0 Å². The molecule has 1 aromatic carbocycles. The number of benzene rings is 1. The number of hydroxylamine groups is 1. The Balaban J connectivity index is 2.03. The Morgan fingerprint density at radius 3 is 2.57 bits per heavy atom. The van der Waals surface area contributed by atoms with Crippen LogP contribution in [0.25, 0.3) is 0 Å². The van der Waals surface area contributed by atoms with Crippen LogP contribution in [-0.2, 0) is 10.0 Å². The lowest BCUT2D eigenvalue weighted by Gasteiger charge is -2.27. The summed E-state index contributed by atoms with van der Waals surface area (Å²) in [6.07, 6.45) is 0. The van der Waals surface area contributed by atoms with E-state index in [4.69, 9.17) is 5.21 Å². The van der Waals surface area contributed by atoms with Crippen molar-refractivity contribution >= 4 is 10.0 Å². The number of nitrogens with zero attached hydrogens (tertiary/aromatic N) is 1. The van der Waals surface area contributed by atoms with Gasteiger partial charge < -0.3 is 10.5 Å². The zero-order chi connectivity index (χ0) is 15.1. The number of nitrogens with one attached hydrogen (secondary N) is 2. The van der Waals surface area contributed by atoms with Crippen LogP contribution in [0.15, 0.2) is 30.3 Å². The van der Waals surface area contributed by atoms with Crippen molar-refractivity contribution < 1.29 is 13.6 Å². The molecule has 6 nitrogen and oxygen atoms in total. The molecule has 0 spiro atoms. The Morgan fingerprint density at radius 1 is 1.29 bits per heavy atom. The summed E-state index contributed by atoms with van der Waals surface area (Å²) in [6, 6.07) is 8.41. The van der Waals surface area contributed by atoms with Crippen molar-refractivity contribution in [2.75, 3.05) is 31.9 Å². The van der Waals surface area contributed by atoms with Crippen molar-refractivity contribution in [1.82, 2.24) is 15.1 Å². The highest BCUT2D eigenvalue weighted by atomic mass is 32.2. The van der Waals surface area contributed by atoms with E-state index < -0.39 is 16.1 Å². The molecular weight excluding hydrogens is 290 g/mol. The van der Waals surface area contributed by atoms with E-state index in [1.54, 1.807) is 0 Å². The highest BCUT2D eigenvalue weighted by Crippen LogP contribution is 2.05. The Hall–Kier alpha value is -1.43. The molecule has 0 saturated carbocycles. The molecule has 21 heavy (non-hydrogen) atoms. The van der Waals surface area contributed by atoms with E-state index in [0.717, 1.165) is 5.56 Å². The third kappa shape index (κ3) is 4.81. The fourth-order valence-electron chi connectivity index (χ4n) is 2.04. The quantitative estimate of drug-likeness (QED) is 0.522. The Labute approximate surface area is 125 Å². The summed E-state index contributed by atoms with van der Waals surface area (Å²) >= 11 is 0. The van der Waals surface area contributed by atoms with E-state index in [9.17, 15) is 8.42 Å². The van der Waals surface area contributed by atoms with Gasteiger partial charge in [-0.3, -0.25) is 0 Å². The fourth-order valence-corrected chi connectivity index (χ4v) is 3.57. The van der Waals surface area contributed by atoms with E-state index in [1.165, 1.54) is 4.31 Å². The van der Waals surface area contributed by atoms with Crippen LogP contribution < -0.4 is 10.8 Å².